The number of carbonyl (C=O) groups excluding carboxylic acids is 1. The number of para-hydroxylation sites is 1. The van der Waals surface area contributed by atoms with Gasteiger partial charge in [-0.15, -0.1) is 11.3 Å². The lowest BCUT2D eigenvalue weighted by atomic mass is 10.0. The Morgan fingerprint density at radius 2 is 1.69 bits per heavy atom. The largest absolute Gasteiger partial charge is 0.371 e. The molecule has 3 aromatic rings. The summed E-state index contributed by atoms with van der Waals surface area (Å²) in [4.78, 5) is 16.5. The average Bonchev–Trinajstić information content (AvgIpc) is 3.33. The van der Waals surface area contributed by atoms with Crippen LogP contribution in [0.3, 0.4) is 0 Å². The predicted octanol–water partition coefficient (Wildman–Crippen LogP) is 3.67. The van der Waals surface area contributed by atoms with Crippen LogP contribution >= 0.6 is 11.3 Å². The van der Waals surface area contributed by atoms with Crippen molar-refractivity contribution in [1.29, 1.82) is 0 Å². The van der Waals surface area contributed by atoms with Crippen LogP contribution in [0.25, 0.3) is 0 Å². The second-order valence-corrected chi connectivity index (χ2v) is 10.5. The van der Waals surface area contributed by atoms with Crippen LogP contribution in [-0.2, 0) is 16.4 Å². The summed E-state index contributed by atoms with van der Waals surface area (Å²) in [6, 6.07) is 20.0. The maximum Gasteiger partial charge on any atom is 0.253 e. The standard InChI is InChI=1S/C24H27N3O3S2/c28-24(25-15-12-20-7-6-18-31-20)22-10-4-5-11-23(22)27-16-13-19(14-17-27)26-32(29,30)21-8-2-1-3-9-21/h1-11,18-19,26H,12-17H2,(H,25,28). The Balaban J connectivity index is 1.35. The number of sulfonamides is 1. The fourth-order valence-corrected chi connectivity index (χ4v) is 5.95. The quantitative estimate of drug-likeness (QED) is 0.528. The van der Waals surface area contributed by atoms with Gasteiger partial charge in [0.25, 0.3) is 5.91 Å². The highest BCUT2D eigenvalue weighted by Gasteiger charge is 2.26. The Kier molecular flexibility index (Phi) is 7.24. The average molecular weight is 470 g/mol. The number of hydrogen-bond acceptors (Lipinski definition) is 5. The second-order valence-electron chi connectivity index (χ2n) is 7.80. The van der Waals surface area contributed by atoms with Gasteiger partial charge < -0.3 is 10.2 Å². The van der Waals surface area contributed by atoms with Crippen molar-refractivity contribution in [2.24, 2.45) is 0 Å². The van der Waals surface area contributed by atoms with E-state index in [-0.39, 0.29) is 16.8 Å². The van der Waals surface area contributed by atoms with Crippen molar-refractivity contribution in [2.75, 3.05) is 24.5 Å². The van der Waals surface area contributed by atoms with Crippen LogP contribution in [0.4, 0.5) is 5.69 Å². The molecule has 1 saturated heterocycles. The van der Waals surface area contributed by atoms with Gasteiger partial charge in [-0.3, -0.25) is 4.79 Å². The number of thiophene rings is 1. The molecule has 32 heavy (non-hydrogen) atoms. The summed E-state index contributed by atoms with van der Waals surface area (Å²) < 4.78 is 28.0. The van der Waals surface area contributed by atoms with Crippen molar-refractivity contribution in [3.05, 3.63) is 82.6 Å². The minimum Gasteiger partial charge on any atom is -0.371 e. The van der Waals surface area contributed by atoms with Gasteiger partial charge in [-0.05, 0) is 55.0 Å². The summed E-state index contributed by atoms with van der Waals surface area (Å²) in [5.74, 6) is -0.0796. The van der Waals surface area contributed by atoms with Crippen LogP contribution in [0.1, 0.15) is 28.1 Å². The van der Waals surface area contributed by atoms with Crippen molar-refractivity contribution in [3.63, 3.8) is 0 Å². The lowest BCUT2D eigenvalue weighted by Gasteiger charge is -2.34. The molecular formula is C24H27N3O3S2. The molecule has 0 unspecified atom stereocenters. The molecule has 168 valence electrons. The Hall–Kier alpha value is -2.68. The number of rotatable bonds is 8. The monoisotopic (exact) mass is 469 g/mol. The number of nitrogens with one attached hydrogen (secondary N) is 2. The van der Waals surface area contributed by atoms with Gasteiger partial charge in [0.2, 0.25) is 10.0 Å². The molecule has 0 bridgehead atoms. The summed E-state index contributed by atoms with van der Waals surface area (Å²) in [5.41, 5.74) is 1.55. The molecule has 1 aliphatic rings. The second kappa shape index (κ2) is 10.3. The van der Waals surface area contributed by atoms with Crippen molar-refractivity contribution in [3.8, 4) is 0 Å². The first-order chi connectivity index (χ1) is 15.5. The zero-order chi connectivity index (χ0) is 22.4. The zero-order valence-electron chi connectivity index (χ0n) is 17.7. The van der Waals surface area contributed by atoms with Crippen LogP contribution in [0, 0.1) is 0 Å². The number of piperidine rings is 1. The lowest BCUT2D eigenvalue weighted by molar-refractivity contribution is 0.0954. The van der Waals surface area contributed by atoms with Gasteiger partial charge in [0, 0.05) is 36.2 Å². The lowest BCUT2D eigenvalue weighted by Crippen LogP contribution is -2.45. The van der Waals surface area contributed by atoms with E-state index in [0.717, 1.165) is 12.1 Å². The van der Waals surface area contributed by atoms with Crippen molar-refractivity contribution < 1.29 is 13.2 Å². The highest BCUT2D eigenvalue weighted by Crippen LogP contribution is 2.25. The van der Waals surface area contributed by atoms with E-state index in [9.17, 15) is 13.2 Å². The molecule has 1 fully saturated rings. The normalized spacial score (nSPS) is 14.9. The summed E-state index contributed by atoms with van der Waals surface area (Å²) >= 11 is 1.69. The first kappa shape index (κ1) is 22.5. The summed E-state index contributed by atoms with van der Waals surface area (Å²) in [6.07, 6.45) is 2.18. The Bertz CT molecular complexity index is 1120. The number of amides is 1. The van der Waals surface area contributed by atoms with Gasteiger partial charge in [0.15, 0.2) is 0 Å². The third-order valence-electron chi connectivity index (χ3n) is 5.60. The van der Waals surface area contributed by atoms with E-state index in [4.69, 9.17) is 0 Å². The van der Waals surface area contributed by atoms with Crippen LogP contribution in [0.5, 0.6) is 0 Å². The van der Waals surface area contributed by atoms with E-state index in [1.807, 2.05) is 35.7 Å². The fraction of sp³-hybridized carbons (Fsp3) is 0.292. The van der Waals surface area contributed by atoms with Crippen molar-refractivity contribution in [2.45, 2.75) is 30.2 Å². The number of anilines is 1. The summed E-state index contributed by atoms with van der Waals surface area (Å²) in [7, 11) is -3.52. The molecule has 0 radical (unpaired) electrons. The Morgan fingerprint density at radius 3 is 2.41 bits per heavy atom. The number of benzene rings is 2. The van der Waals surface area contributed by atoms with E-state index in [1.165, 1.54) is 4.88 Å². The van der Waals surface area contributed by atoms with Crippen molar-refractivity contribution in [1.82, 2.24) is 10.0 Å². The Morgan fingerprint density at radius 1 is 0.969 bits per heavy atom. The van der Waals surface area contributed by atoms with E-state index >= 15 is 0 Å². The van der Waals surface area contributed by atoms with E-state index in [2.05, 4.69) is 21.0 Å². The molecule has 4 rings (SSSR count). The van der Waals surface area contributed by atoms with Crippen LogP contribution in [0.15, 0.2) is 77.0 Å². The molecule has 1 amide bonds. The molecular weight excluding hydrogens is 442 g/mol. The maximum atomic E-state index is 12.8. The minimum atomic E-state index is -3.52. The molecule has 0 aliphatic carbocycles. The van der Waals surface area contributed by atoms with Crippen LogP contribution in [-0.4, -0.2) is 40.0 Å². The van der Waals surface area contributed by atoms with E-state index < -0.39 is 10.0 Å². The van der Waals surface area contributed by atoms with Gasteiger partial charge in [-0.25, -0.2) is 13.1 Å². The highest BCUT2D eigenvalue weighted by molar-refractivity contribution is 7.89. The maximum absolute atomic E-state index is 12.8. The third-order valence-corrected chi connectivity index (χ3v) is 8.07. The molecule has 1 aliphatic heterocycles. The number of hydrogen-bond donors (Lipinski definition) is 2. The van der Waals surface area contributed by atoms with Gasteiger partial charge in [0.05, 0.1) is 10.5 Å². The van der Waals surface area contributed by atoms with Gasteiger partial charge >= 0.3 is 0 Å². The van der Waals surface area contributed by atoms with E-state index in [0.29, 0.717) is 38.0 Å². The minimum absolute atomic E-state index is 0.0796. The molecule has 1 aromatic heterocycles. The zero-order valence-corrected chi connectivity index (χ0v) is 19.4. The molecule has 2 aromatic carbocycles. The molecule has 0 atom stereocenters. The summed E-state index contributed by atoms with van der Waals surface area (Å²) in [5, 5.41) is 5.06. The topological polar surface area (TPSA) is 78.5 Å². The first-order valence-electron chi connectivity index (χ1n) is 10.7. The highest BCUT2D eigenvalue weighted by atomic mass is 32.2. The first-order valence-corrected chi connectivity index (χ1v) is 13.1. The molecule has 6 nitrogen and oxygen atoms in total. The predicted molar refractivity (Wildman–Crippen MR) is 129 cm³/mol. The fourth-order valence-electron chi connectivity index (χ4n) is 3.92. The summed E-state index contributed by atoms with van der Waals surface area (Å²) in [6.45, 7) is 1.96. The number of nitrogens with zero attached hydrogens (tertiary/aromatic N) is 1. The SMILES string of the molecule is O=C(NCCc1cccs1)c1ccccc1N1CCC(NS(=O)(=O)c2ccccc2)CC1. The molecule has 8 heteroatoms. The van der Waals surface area contributed by atoms with Gasteiger partial charge in [-0.1, -0.05) is 36.4 Å². The van der Waals surface area contributed by atoms with Crippen LogP contribution < -0.4 is 14.9 Å². The molecule has 2 heterocycles. The third kappa shape index (κ3) is 5.56. The van der Waals surface area contributed by atoms with Crippen LogP contribution in [0.2, 0.25) is 0 Å². The van der Waals surface area contributed by atoms with Gasteiger partial charge in [-0.2, -0.15) is 0 Å². The smallest absolute Gasteiger partial charge is 0.253 e. The molecule has 0 saturated carbocycles. The Labute approximate surface area is 193 Å². The molecule has 0 spiro atoms. The van der Waals surface area contributed by atoms with Gasteiger partial charge in [0.1, 0.15) is 0 Å². The van der Waals surface area contributed by atoms with E-state index in [1.54, 1.807) is 41.7 Å². The van der Waals surface area contributed by atoms with Crippen molar-refractivity contribution >= 4 is 33.0 Å². The molecule has 2 N–H and O–H groups in total. The number of carbonyl (C=O) groups is 1.